The Balaban J connectivity index is 2.12. The van der Waals surface area contributed by atoms with Crippen molar-refractivity contribution in [3.8, 4) is 11.6 Å². The van der Waals surface area contributed by atoms with Crippen molar-refractivity contribution in [1.82, 2.24) is 4.98 Å². The summed E-state index contributed by atoms with van der Waals surface area (Å²) in [6, 6.07) is 10.3. The van der Waals surface area contributed by atoms with E-state index in [1.54, 1.807) is 0 Å². The molecule has 1 aromatic heterocycles. The average Bonchev–Trinajstić information content (AvgIpc) is 2.43. The highest BCUT2D eigenvalue weighted by Gasteiger charge is 2.04. The van der Waals surface area contributed by atoms with Crippen molar-refractivity contribution in [1.29, 1.82) is 0 Å². The first-order chi connectivity index (χ1) is 9.22. The quantitative estimate of drug-likeness (QED) is 0.721. The van der Waals surface area contributed by atoms with Crippen molar-refractivity contribution in [2.45, 2.75) is 32.0 Å². The lowest BCUT2D eigenvalue weighted by atomic mass is 10.1. The van der Waals surface area contributed by atoms with Crippen LogP contribution in [0, 0.1) is 6.92 Å². The second kappa shape index (κ2) is 6.71. The maximum Gasteiger partial charge on any atom is 0.222 e. The van der Waals surface area contributed by atoms with E-state index in [-0.39, 0.29) is 0 Å². The van der Waals surface area contributed by atoms with Gasteiger partial charge in [0.15, 0.2) is 0 Å². The number of pyridine rings is 1. The van der Waals surface area contributed by atoms with Gasteiger partial charge in [-0.1, -0.05) is 41.4 Å². The highest BCUT2D eigenvalue weighted by atomic mass is 79.9. The Bertz CT molecular complexity index is 537. The highest BCUT2D eigenvalue weighted by Crippen LogP contribution is 2.24. The van der Waals surface area contributed by atoms with Gasteiger partial charge in [0.25, 0.3) is 0 Å². The Hall–Kier alpha value is -1.35. The molecule has 0 N–H and O–H groups in total. The van der Waals surface area contributed by atoms with E-state index in [2.05, 4.69) is 46.0 Å². The zero-order valence-electron chi connectivity index (χ0n) is 11.3. The van der Waals surface area contributed by atoms with Gasteiger partial charge in [-0.05, 0) is 42.7 Å². The van der Waals surface area contributed by atoms with Crippen LogP contribution < -0.4 is 4.74 Å². The predicted molar refractivity (Wildman–Crippen MR) is 82.1 cm³/mol. The van der Waals surface area contributed by atoms with Crippen LogP contribution in [-0.4, -0.2) is 4.98 Å². The van der Waals surface area contributed by atoms with Crippen LogP contribution in [-0.2, 0) is 11.8 Å². The van der Waals surface area contributed by atoms with E-state index in [4.69, 9.17) is 4.74 Å². The third kappa shape index (κ3) is 3.80. The van der Waals surface area contributed by atoms with Gasteiger partial charge < -0.3 is 4.74 Å². The van der Waals surface area contributed by atoms with Crippen LogP contribution in [0.1, 0.15) is 30.0 Å². The van der Waals surface area contributed by atoms with Crippen molar-refractivity contribution in [2.75, 3.05) is 0 Å². The van der Waals surface area contributed by atoms with Gasteiger partial charge in [-0.25, -0.2) is 4.98 Å². The molecular weight excluding hydrogens is 302 g/mol. The number of benzene rings is 1. The number of halogens is 1. The van der Waals surface area contributed by atoms with E-state index >= 15 is 0 Å². The number of alkyl halides is 1. The number of ether oxygens (including phenoxy) is 1. The monoisotopic (exact) mass is 319 g/mol. The number of aromatic nitrogens is 1. The molecule has 0 aliphatic rings. The number of rotatable bonds is 5. The minimum atomic E-state index is 0.674. The molecule has 2 nitrogen and oxygen atoms in total. The Kier molecular flexibility index (Phi) is 4.97. The van der Waals surface area contributed by atoms with Crippen LogP contribution in [0.4, 0.5) is 0 Å². The summed E-state index contributed by atoms with van der Waals surface area (Å²) in [5.41, 5.74) is 3.55. The largest absolute Gasteiger partial charge is 0.439 e. The number of nitrogens with zero attached hydrogens (tertiary/aromatic N) is 1. The summed E-state index contributed by atoms with van der Waals surface area (Å²) >= 11 is 3.42. The summed E-state index contributed by atoms with van der Waals surface area (Å²) in [5.74, 6) is 1.51. The maximum absolute atomic E-state index is 5.82. The summed E-state index contributed by atoms with van der Waals surface area (Å²) in [6.07, 6.45) is 4.11. The lowest BCUT2D eigenvalue weighted by molar-refractivity contribution is 0.458. The molecule has 3 heteroatoms. The molecule has 0 fully saturated rings. The fourth-order valence-electron chi connectivity index (χ4n) is 1.92. The third-order valence-electron chi connectivity index (χ3n) is 2.92. The van der Waals surface area contributed by atoms with Crippen LogP contribution in [0.2, 0.25) is 0 Å². The van der Waals surface area contributed by atoms with Gasteiger partial charge in [0, 0.05) is 17.1 Å². The van der Waals surface area contributed by atoms with Crippen LogP contribution in [0.3, 0.4) is 0 Å². The minimum absolute atomic E-state index is 0.674. The molecule has 1 heterocycles. The Morgan fingerprint density at radius 3 is 2.47 bits per heavy atom. The fraction of sp³-hybridized carbons (Fsp3) is 0.312. The molecule has 0 spiro atoms. The Morgan fingerprint density at radius 1 is 1.16 bits per heavy atom. The molecule has 2 rings (SSSR count). The van der Waals surface area contributed by atoms with Crippen LogP contribution in [0.5, 0.6) is 11.6 Å². The Labute approximate surface area is 123 Å². The zero-order chi connectivity index (χ0) is 13.7. The van der Waals surface area contributed by atoms with Crippen molar-refractivity contribution in [3.63, 3.8) is 0 Å². The third-order valence-corrected chi connectivity index (χ3v) is 3.57. The maximum atomic E-state index is 5.82. The van der Waals surface area contributed by atoms with E-state index in [1.807, 2.05) is 25.3 Å². The SMILES string of the molecule is CCCc1ccc(Oc2ncc(CBr)cc2C)cc1. The van der Waals surface area contributed by atoms with Crippen LogP contribution in [0.15, 0.2) is 36.5 Å². The first kappa shape index (κ1) is 14.1. The second-order valence-corrected chi connectivity index (χ2v) is 5.16. The van der Waals surface area contributed by atoms with E-state index in [0.717, 1.165) is 35.0 Å². The standard InChI is InChI=1S/C16H18BrNO/c1-3-4-13-5-7-15(8-6-13)19-16-12(2)9-14(10-17)11-18-16/h5-9,11H,3-4,10H2,1-2H3. The normalized spacial score (nSPS) is 10.5. The van der Waals surface area contributed by atoms with Crippen molar-refractivity contribution in [2.24, 2.45) is 0 Å². The van der Waals surface area contributed by atoms with Crippen LogP contribution in [0.25, 0.3) is 0 Å². The summed E-state index contributed by atoms with van der Waals surface area (Å²) in [4.78, 5) is 4.35. The smallest absolute Gasteiger partial charge is 0.222 e. The molecule has 0 atom stereocenters. The molecule has 0 aliphatic carbocycles. The first-order valence-electron chi connectivity index (χ1n) is 6.51. The highest BCUT2D eigenvalue weighted by molar-refractivity contribution is 9.08. The second-order valence-electron chi connectivity index (χ2n) is 4.60. The van der Waals surface area contributed by atoms with Crippen LogP contribution >= 0.6 is 15.9 Å². The molecule has 19 heavy (non-hydrogen) atoms. The number of aryl methyl sites for hydroxylation is 2. The lowest BCUT2D eigenvalue weighted by Crippen LogP contribution is -1.93. The fourth-order valence-corrected chi connectivity index (χ4v) is 2.23. The molecule has 0 unspecified atom stereocenters. The van der Waals surface area contributed by atoms with Gasteiger partial charge in [-0.15, -0.1) is 0 Å². The van der Waals surface area contributed by atoms with E-state index in [0.29, 0.717) is 5.88 Å². The first-order valence-corrected chi connectivity index (χ1v) is 7.63. The molecule has 1 aromatic carbocycles. The van der Waals surface area contributed by atoms with Crippen molar-refractivity contribution < 1.29 is 4.74 Å². The summed E-state index contributed by atoms with van der Waals surface area (Å²) in [6.45, 7) is 4.20. The van der Waals surface area contributed by atoms with E-state index in [9.17, 15) is 0 Å². The van der Waals surface area contributed by atoms with Gasteiger partial charge in [0.1, 0.15) is 5.75 Å². The van der Waals surface area contributed by atoms with Gasteiger partial charge in [-0.2, -0.15) is 0 Å². The molecular formula is C16H18BrNO. The number of hydrogen-bond donors (Lipinski definition) is 0. The van der Waals surface area contributed by atoms with Gasteiger partial charge >= 0.3 is 0 Å². The summed E-state index contributed by atoms with van der Waals surface area (Å²) in [5, 5.41) is 0.812. The lowest BCUT2D eigenvalue weighted by Gasteiger charge is -2.09. The molecule has 0 radical (unpaired) electrons. The predicted octanol–water partition coefficient (Wildman–Crippen LogP) is 5.03. The van der Waals surface area contributed by atoms with Gasteiger partial charge in [0.05, 0.1) is 0 Å². The molecule has 0 saturated carbocycles. The topological polar surface area (TPSA) is 22.1 Å². The van der Waals surface area contributed by atoms with E-state index < -0.39 is 0 Å². The van der Waals surface area contributed by atoms with Crippen molar-refractivity contribution in [3.05, 3.63) is 53.2 Å². The molecule has 100 valence electrons. The van der Waals surface area contributed by atoms with Crippen molar-refractivity contribution >= 4 is 15.9 Å². The molecule has 2 aromatic rings. The van der Waals surface area contributed by atoms with E-state index in [1.165, 1.54) is 5.56 Å². The Morgan fingerprint density at radius 2 is 1.89 bits per heavy atom. The minimum Gasteiger partial charge on any atom is -0.439 e. The number of hydrogen-bond acceptors (Lipinski definition) is 2. The zero-order valence-corrected chi connectivity index (χ0v) is 12.9. The average molecular weight is 320 g/mol. The molecule has 0 saturated heterocycles. The summed E-state index contributed by atoms with van der Waals surface area (Å²) < 4.78 is 5.82. The van der Waals surface area contributed by atoms with Gasteiger partial charge in [-0.3, -0.25) is 0 Å². The van der Waals surface area contributed by atoms with Gasteiger partial charge in [0.2, 0.25) is 5.88 Å². The molecule has 0 amide bonds. The molecule has 0 bridgehead atoms. The summed E-state index contributed by atoms with van der Waals surface area (Å²) in [7, 11) is 0. The molecule has 0 aliphatic heterocycles.